The second-order valence-corrected chi connectivity index (χ2v) is 9.26. The Balaban J connectivity index is 1.98. The minimum absolute atomic E-state index is 0.206. The molecule has 0 saturated heterocycles. The zero-order chi connectivity index (χ0) is 24.8. The lowest BCUT2D eigenvalue weighted by Crippen LogP contribution is -2.39. The van der Waals surface area contributed by atoms with Crippen LogP contribution in [0.25, 0.3) is 0 Å². The summed E-state index contributed by atoms with van der Waals surface area (Å²) < 4.78 is 7.29. The van der Waals surface area contributed by atoms with Crippen LogP contribution in [0.2, 0.25) is 0 Å². The maximum absolute atomic E-state index is 11.9. The van der Waals surface area contributed by atoms with E-state index in [9.17, 15) is 4.79 Å². The number of carbonyl (C=O) groups excluding carboxylic acids is 1. The van der Waals surface area contributed by atoms with Gasteiger partial charge in [0.15, 0.2) is 0 Å². The summed E-state index contributed by atoms with van der Waals surface area (Å²) in [6, 6.07) is 13.9. The number of azo groups is 1. The molecule has 180 valence electrons. The third kappa shape index (κ3) is 6.07. The third-order valence-corrected chi connectivity index (χ3v) is 5.96. The molecule has 1 heterocycles. The van der Waals surface area contributed by atoms with Gasteiger partial charge < -0.3 is 20.3 Å². The van der Waals surface area contributed by atoms with Crippen LogP contribution < -0.4 is 25.0 Å². The van der Waals surface area contributed by atoms with Gasteiger partial charge in [-0.25, -0.2) is 0 Å². The fourth-order valence-corrected chi connectivity index (χ4v) is 4.66. The number of hydrogen-bond donors (Lipinski definition) is 2. The van der Waals surface area contributed by atoms with Gasteiger partial charge in [-0.3, -0.25) is 4.79 Å². The second kappa shape index (κ2) is 11.1. The van der Waals surface area contributed by atoms with Gasteiger partial charge in [0.25, 0.3) is 0 Å². The molecule has 34 heavy (non-hydrogen) atoms. The molecule has 0 spiro atoms. The molecule has 0 aliphatic rings. The van der Waals surface area contributed by atoms with E-state index in [-0.39, 0.29) is 5.91 Å². The molecule has 1 aromatic heterocycles. The fourth-order valence-electron chi connectivity index (χ4n) is 3.55. The molecule has 0 aliphatic heterocycles. The number of rotatable bonds is 9. The van der Waals surface area contributed by atoms with Gasteiger partial charge in [-0.05, 0) is 62.3 Å². The lowest BCUT2D eigenvalue weighted by Gasteiger charge is -2.28. The Labute approximate surface area is 204 Å². The highest BCUT2D eigenvalue weighted by atomic mass is 32.1. The van der Waals surface area contributed by atoms with Crippen molar-refractivity contribution >= 4 is 50.3 Å². The van der Waals surface area contributed by atoms with E-state index >= 15 is 0 Å². The van der Waals surface area contributed by atoms with E-state index in [0.29, 0.717) is 40.0 Å². The number of nitrogens with one attached hydrogen (secondary N) is 2. The van der Waals surface area contributed by atoms with Gasteiger partial charge >= 0.3 is 5.13 Å². The van der Waals surface area contributed by atoms with Gasteiger partial charge in [0, 0.05) is 30.8 Å². The van der Waals surface area contributed by atoms with Crippen LogP contribution in [0.4, 0.5) is 33.0 Å². The predicted octanol–water partition coefficient (Wildman–Crippen LogP) is 5.72. The van der Waals surface area contributed by atoms with Crippen LogP contribution in [0.5, 0.6) is 5.75 Å². The largest absolute Gasteiger partial charge is 0.494 e. The molecular weight excluding hydrogens is 450 g/mol. The number of aromatic nitrogens is 2. The van der Waals surface area contributed by atoms with Gasteiger partial charge in [-0.15, -0.1) is 4.68 Å². The third-order valence-electron chi connectivity index (χ3n) is 4.95. The van der Waals surface area contributed by atoms with E-state index in [4.69, 9.17) is 4.74 Å². The van der Waals surface area contributed by atoms with Crippen LogP contribution in [0.1, 0.15) is 34.6 Å². The van der Waals surface area contributed by atoms with Crippen molar-refractivity contribution in [2.24, 2.45) is 17.3 Å². The second-order valence-electron chi connectivity index (χ2n) is 8.33. The van der Waals surface area contributed by atoms with E-state index in [1.54, 1.807) is 23.9 Å². The first-order valence-corrected chi connectivity index (χ1v) is 11.9. The van der Waals surface area contributed by atoms with Crippen molar-refractivity contribution in [3.05, 3.63) is 42.5 Å². The first kappa shape index (κ1) is 25.1. The molecule has 2 N–H and O–H groups in total. The molecule has 2 aromatic carbocycles. The molecule has 0 bridgehead atoms. The first-order chi connectivity index (χ1) is 16.2. The standard InChI is InChI=1S/C24H31N7O2S/c1-15(2)31(16(3)4)24-29-30(6)23(34-24)28-27-20-14-22(33-7)21(13-19(20)25-17(5)32)26-18-11-9-8-10-12-18/h8-16H,1-7H3,(H,25,26,32)/p+1. The highest BCUT2D eigenvalue weighted by Crippen LogP contribution is 2.39. The van der Waals surface area contributed by atoms with E-state index in [0.717, 1.165) is 10.8 Å². The summed E-state index contributed by atoms with van der Waals surface area (Å²) in [5, 5.41) is 21.2. The summed E-state index contributed by atoms with van der Waals surface area (Å²) >= 11 is 1.46. The Kier molecular flexibility index (Phi) is 8.17. The lowest BCUT2D eigenvalue weighted by atomic mass is 10.2. The minimum atomic E-state index is -0.206. The Morgan fingerprint density at radius 3 is 2.35 bits per heavy atom. The summed E-state index contributed by atoms with van der Waals surface area (Å²) in [7, 11) is 3.43. The minimum Gasteiger partial charge on any atom is -0.494 e. The summed E-state index contributed by atoms with van der Waals surface area (Å²) in [6.45, 7) is 10.0. The molecule has 0 aliphatic carbocycles. The monoisotopic (exact) mass is 482 g/mol. The molecule has 0 radical (unpaired) electrons. The number of hydrogen-bond acceptors (Lipinski definition) is 8. The Morgan fingerprint density at radius 1 is 1.09 bits per heavy atom. The van der Waals surface area contributed by atoms with E-state index in [1.807, 2.05) is 37.4 Å². The quantitative estimate of drug-likeness (QED) is 0.301. The van der Waals surface area contributed by atoms with Crippen molar-refractivity contribution in [2.75, 3.05) is 22.6 Å². The highest BCUT2D eigenvalue weighted by molar-refractivity contribution is 7.18. The van der Waals surface area contributed by atoms with E-state index < -0.39 is 0 Å². The zero-order valence-electron chi connectivity index (χ0n) is 20.7. The van der Waals surface area contributed by atoms with Crippen molar-refractivity contribution in [1.29, 1.82) is 0 Å². The van der Waals surface area contributed by atoms with Crippen LogP contribution in [-0.4, -0.2) is 30.2 Å². The topological polar surface area (TPSA) is 95.1 Å². The smallest absolute Gasteiger partial charge is 0.431 e. The van der Waals surface area contributed by atoms with Crippen LogP contribution >= 0.6 is 11.3 Å². The van der Waals surface area contributed by atoms with Gasteiger partial charge in [0.2, 0.25) is 11.0 Å². The molecule has 0 saturated carbocycles. The number of amides is 1. The number of methoxy groups -OCH3 is 1. The normalized spacial score (nSPS) is 11.3. The molecule has 3 aromatic rings. The number of ether oxygens (including phenoxy) is 1. The maximum Gasteiger partial charge on any atom is 0.431 e. The van der Waals surface area contributed by atoms with Crippen LogP contribution in [0, 0.1) is 0 Å². The number of aryl methyl sites for hydroxylation is 1. The molecule has 10 heteroatoms. The Bertz CT molecular complexity index is 1150. The van der Waals surface area contributed by atoms with Crippen LogP contribution in [0.3, 0.4) is 0 Å². The highest BCUT2D eigenvalue weighted by Gasteiger charge is 2.24. The number of anilines is 4. The Morgan fingerprint density at radius 2 is 1.76 bits per heavy atom. The van der Waals surface area contributed by atoms with Gasteiger partial charge in [0.1, 0.15) is 18.5 Å². The van der Waals surface area contributed by atoms with Gasteiger partial charge in [-0.2, -0.15) is 0 Å². The lowest BCUT2D eigenvalue weighted by molar-refractivity contribution is -0.712. The van der Waals surface area contributed by atoms with Crippen LogP contribution in [-0.2, 0) is 11.8 Å². The number of carbonyl (C=O) groups is 1. The van der Waals surface area contributed by atoms with Crippen molar-refractivity contribution in [2.45, 2.75) is 46.7 Å². The molecule has 0 fully saturated rings. The van der Waals surface area contributed by atoms with Crippen molar-refractivity contribution in [3.8, 4) is 5.75 Å². The molecule has 0 unspecified atom stereocenters. The first-order valence-electron chi connectivity index (χ1n) is 11.1. The maximum atomic E-state index is 11.9. The van der Waals surface area contributed by atoms with Crippen molar-refractivity contribution in [3.63, 3.8) is 0 Å². The summed E-state index contributed by atoms with van der Waals surface area (Å²) in [4.78, 5) is 14.1. The molecule has 9 nitrogen and oxygen atoms in total. The van der Waals surface area contributed by atoms with E-state index in [1.165, 1.54) is 18.3 Å². The molecule has 0 atom stereocenters. The average molecular weight is 483 g/mol. The Hall–Kier alpha value is -3.53. The molecular formula is C24H32N7O2S+. The molecule has 3 rings (SSSR count). The summed E-state index contributed by atoms with van der Waals surface area (Å²) in [5.41, 5.74) is 2.60. The fraction of sp³-hybridized carbons (Fsp3) is 0.375. The van der Waals surface area contributed by atoms with Gasteiger partial charge in [0.05, 0.1) is 23.6 Å². The zero-order valence-corrected chi connectivity index (χ0v) is 21.5. The number of nitrogens with zero attached hydrogens (tertiary/aromatic N) is 5. The van der Waals surface area contributed by atoms with Gasteiger partial charge in [-0.1, -0.05) is 23.3 Å². The van der Waals surface area contributed by atoms with Crippen molar-refractivity contribution < 1.29 is 14.2 Å². The average Bonchev–Trinajstić information content (AvgIpc) is 3.12. The summed E-state index contributed by atoms with van der Waals surface area (Å²) in [5.74, 6) is 0.370. The number of para-hydroxylation sites is 1. The number of benzene rings is 2. The van der Waals surface area contributed by atoms with Crippen molar-refractivity contribution in [1.82, 2.24) is 5.10 Å². The predicted molar refractivity (Wildman–Crippen MR) is 137 cm³/mol. The van der Waals surface area contributed by atoms with E-state index in [2.05, 4.69) is 58.6 Å². The molecule has 1 amide bonds. The SMILES string of the molecule is COc1cc(N=Nc2sc(N(C(C)C)C(C)C)n[n+]2C)c(NC(C)=O)cc1Nc1ccccc1. The van der Waals surface area contributed by atoms with Crippen LogP contribution in [0.15, 0.2) is 52.7 Å². The summed E-state index contributed by atoms with van der Waals surface area (Å²) in [6.07, 6.45) is 0.